The molecule has 0 amide bonds. The van der Waals surface area contributed by atoms with Crippen molar-refractivity contribution in [2.75, 3.05) is 24.6 Å². The van der Waals surface area contributed by atoms with Crippen molar-refractivity contribution in [3.05, 3.63) is 69.3 Å². The number of ether oxygens (including phenoxy) is 1. The molecule has 0 saturated carbocycles. The summed E-state index contributed by atoms with van der Waals surface area (Å²) < 4.78 is 43.7. The minimum atomic E-state index is -4.42. The maximum absolute atomic E-state index is 12.7. The number of rotatable bonds is 3. The van der Waals surface area contributed by atoms with Crippen molar-refractivity contribution in [1.82, 2.24) is 0 Å². The van der Waals surface area contributed by atoms with Crippen LogP contribution in [0.15, 0.2) is 42.5 Å². The number of alkyl halides is 3. The maximum atomic E-state index is 12.7. The van der Waals surface area contributed by atoms with E-state index >= 15 is 0 Å². The molecule has 1 unspecified atom stereocenters. The molecule has 0 bridgehead atoms. The fourth-order valence-corrected chi connectivity index (χ4v) is 2.96. The summed E-state index contributed by atoms with van der Waals surface area (Å²) in [7, 11) is 0. The van der Waals surface area contributed by atoms with Crippen molar-refractivity contribution in [2.45, 2.75) is 12.3 Å². The van der Waals surface area contributed by atoms with Crippen LogP contribution < -0.4 is 4.90 Å². The van der Waals surface area contributed by atoms with E-state index in [-0.39, 0.29) is 24.4 Å². The Bertz CT molecular complexity index is 891. The first kappa shape index (κ1) is 18.7. The summed E-state index contributed by atoms with van der Waals surface area (Å²) in [6, 6.07) is 10.7. The van der Waals surface area contributed by atoms with Crippen LogP contribution in [0.1, 0.15) is 22.8 Å². The molecular formula is C18H14F3N3O3. The van der Waals surface area contributed by atoms with Gasteiger partial charge in [0.05, 0.1) is 28.7 Å². The number of halogens is 3. The summed E-state index contributed by atoms with van der Waals surface area (Å²) in [5, 5.41) is 20.3. The fraction of sp³-hybridized carbons (Fsp3) is 0.278. The van der Waals surface area contributed by atoms with Gasteiger partial charge < -0.3 is 9.64 Å². The minimum absolute atomic E-state index is 0.179. The molecule has 1 saturated heterocycles. The molecule has 0 aliphatic carbocycles. The zero-order chi connectivity index (χ0) is 19.6. The molecule has 2 aromatic rings. The monoisotopic (exact) mass is 377 g/mol. The normalized spacial score (nSPS) is 17.4. The van der Waals surface area contributed by atoms with Gasteiger partial charge in [-0.15, -0.1) is 0 Å². The number of benzene rings is 2. The Kier molecular flexibility index (Phi) is 5.01. The molecule has 1 aliphatic rings. The lowest BCUT2D eigenvalue weighted by molar-refractivity contribution is -0.384. The standard InChI is InChI=1S/C18H14F3N3O3/c19-18(20,21)14-4-2-13(3-5-14)17-11-23(7-8-27-17)15-6-1-12(10-22)9-16(15)24(25)26/h1-6,9,17H,7-8,11H2. The average molecular weight is 377 g/mol. The SMILES string of the molecule is N#Cc1ccc(N2CCOC(c3ccc(C(F)(F)F)cc3)C2)c([N+](=O)[O-])c1. The summed E-state index contributed by atoms with van der Waals surface area (Å²) in [6.45, 7) is 0.908. The number of nitro benzene ring substituents is 1. The van der Waals surface area contributed by atoms with Crippen LogP contribution in [0.2, 0.25) is 0 Å². The number of nitrogens with zero attached hydrogens (tertiary/aromatic N) is 3. The molecule has 1 heterocycles. The second-order valence-electron chi connectivity index (χ2n) is 6.00. The summed E-state index contributed by atoms with van der Waals surface area (Å²) in [6.07, 6.45) is -4.93. The fourth-order valence-electron chi connectivity index (χ4n) is 2.96. The average Bonchev–Trinajstić information content (AvgIpc) is 2.67. The highest BCUT2D eigenvalue weighted by molar-refractivity contribution is 5.66. The van der Waals surface area contributed by atoms with Crippen LogP contribution in [0.25, 0.3) is 0 Å². The highest BCUT2D eigenvalue weighted by atomic mass is 19.4. The first-order valence-corrected chi connectivity index (χ1v) is 8.02. The third-order valence-corrected chi connectivity index (χ3v) is 4.32. The lowest BCUT2D eigenvalue weighted by Crippen LogP contribution is -2.38. The van der Waals surface area contributed by atoms with E-state index in [1.807, 2.05) is 6.07 Å². The molecule has 0 spiro atoms. The zero-order valence-corrected chi connectivity index (χ0v) is 13.9. The highest BCUT2D eigenvalue weighted by Crippen LogP contribution is 2.34. The van der Waals surface area contributed by atoms with Crippen LogP contribution in [-0.4, -0.2) is 24.6 Å². The molecule has 27 heavy (non-hydrogen) atoms. The molecule has 1 aliphatic heterocycles. The molecule has 9 heteroatoms. The number of hydrogen-bond acceptors (Lipinski definition) is 5. The van der Waals surface area contributed by atoms with Gasteiger partial charge in [0.2, 0.25) is 0 Å². The molecule has 3 rings (SSSR count). The third-order valence-electron chi connectivity index (χ3n) is 4.32. The van der Waals surface area contributed by atoms with Gasteiger partial charge in [-0.2, -0.15) is 18.4 Å². The van der Waals surface area contributed by atoms with E-state index in [0.29, 0.717) is 17.8 Å². The first-order chi connectivity index (χ1) is 12.8. The van der Waals surface area contributed by atoms with Crippen LogP contribution in [0.4, 0.5) is 24.5 Å². The van der Waals surface area contributed by atoms with E-state index in [1.165, 1.54) is 30.3 Å². The predicted molar refractivity (Wildman–Crippen MR) is 90.2 cm³/mol. The van der Waals surface area contributed by atoms with E-state index in [9.17, 15) is 23.3 Å². The van der Waals surface area contributed by atoms with Gasteiger partial charge in [0, 0.05) is 19.2 Å². The number of nitriles is 1. The van der Waals surface area contributed by atoms with Crippen molar-refractivity contribution < 1.29 is 22.8 Å². The number of hydrogen-bond donors (Lipinski definition) is 0. The summed E-state index contributed by atoms with van der Waals surface area (Å²) >= 11 is 0. The van der Waals surface area contributed by atoms with E-state index < -0.39 is 22.8 Å². The molecular weight excluding hydrogens is 363 g/mol. The molecule has 0 N–H and O–H groups in total. The number of morpholine rings is 1. The van der Waals surface area contributed by atoms with Gasteiger partial charge in [0.1, 0.15) is 11.8 Å². The topological polar surface area (TPSA) is 79.4 Å². The van der Waals surface area contributed by atoms with Gasteiger partial charge in [0.25, 0.3) is 5.69 Å². The largest absolute Gasteiger partial charge is 0.416 e. The molecule has 2 aromatic carbocycles. The van der Waals surface area contributed by atoms with E-state index in [2.05, 4.69) is 0 Å². The van der Waals surface area contributed by atoms with E-state index in [0.717, 1.165) is 12.1 Å². The van der Waals surface area contributed by atoms with Gasteiger partial charge in [-0.05, 0) is 29.8 Å². The summed E-state index contributed by atoms with van der Waals surface area (Å²) in [5.41, 5.74) is 0.143. The Balaban J connectivity index is 1.85. The van der Waals surface area contributed by atoms with Gasteiger partial charge >= 0.3 is 6.18 Å². The quantitative estimate of drug-likeness (QED) is 0.595. The van der Waals surface area contributed by atoms with Crippen LogP contribution in [0.5, 0.6) is 0 Å². The molecule has 1 atom stereocenters. The third kappa shape index (κ3) is 4.01. The second kappa shape index (κ2) is 7.25. The predicted octanol–water partition coefficient (Wildman–Crippen LogP) is 4.06. The lowest BCUT2D eigenvalue weighted by Gasteiger charge is -2.34. The van der Waals surface area contributed by atoms with E-state index in [4.69, 9.17) is 10.00 Å². The molecule has 0 radical (unpaired) electrons. The Morgan fingerprint density at radius 3 is 2.52 bits per heavy atom. The van der Waals surface area contributed by atoms with Crippen LogP contribution in [0.3, 0.4) is 0 Å². The maximum Gasteiger partial charge on any atom is 0.416 e. The van der Waals surface area contributed by atoms with Gasteiger partial charge in [-0.25, -0.2) is 0 Å². The number of anilines is 1. The lowest BCUT2D eigenvalue weighted by atomic mass is 10.0. The van der Waals surface area contributed by atoms with Crippen LogP contribution in [0, 0.1) is 21.4 Å². The first-order valence-electron chi connectivity index (χ1n) is 8.02. The Morgan fingerprint density at radius 1 is 1.22 bits per heavy atom. The number of nitro groups is 1. The van der Waals surface area contributed by atoms with Crippen LogP contribution in [-0.2, 0) is 10.9 Å². The molecule has 0 aromatic heterocycles. The molecule has 140 valence electrons. The Labute approximate surface area is 152 Å². The smallest absolute Gasteiger partial charge is 0.370 e. The summed E-state index contributed by atoms with van der Waals surface area (Å²) in [5.74, 6) is 0. The second-order valence-corrected chi connectivity index (χ2v) is 6.00. The zero-order valence-electron chi connectivity index (χ0n) is 13.9. The van der Waals surface area contributed by atoms with Gasteiger partial charge in [-0.3, -0.25) is 10.1 Å². The van der Waals surface area contributed by atoms with Crippen molar-refractivity contribution in [2.24, 2.45) is 0 Å². The van der Waals surface area contributed by atoms with Gasteiger partial charge in [0.15, 0.2) is 0 Å². The van der Waals surface area contributed by atoms with Crippen molar-refractivity contribution in [3.8, 4) is 6.07 Å². The summed E-state index contributed by atoms with van der Waals surface area (Å²) in [4.78, 5) is 12.5. The Hall–Kier alpha value is -3.12. The van der Waals surface area contributed by atoms with Gasteiger partial charge in [-0.1, -0.05) is 12.1 Å². The van der Waals surface area contributed by atoms with E-state index in [1.54, 1.807) is 4.90 Å². The molecule has 6 nitrogen and oxygen atoms in total. The van der Waals surface area contributed by atoms with Crippen molar-refractivity contribution >= 4 is 11.4 Å². The Morgan fingerprint density at radius 2 is 1.93 bits per heavy atom. The van der Waals surface area contributed by atoms with Crippen LogP contribution >= 0.6 is 0 Å². The minimum Gasteiger partial charge on any atom is -0.370 e. The highest BCUT2D eigenvalue weighted by Gasteiger charge is 2.31. The van der Waals surface area contributed by atoms with Crippen molar-refractivity contribution in [1.29, 1.82) is 5.26 Å². The molecule has 1 fully saturated rings. The van der Waals surface area contributed by atoms with Crippen molar-refractivity contribution in [3.63, 3.8) is 0 Å².